The number of aryl methyl sites for hydroxylation is 2. The highest BCUT2D eigenvalue weighted by molar-refractivity contribution is 7.93. The van der Waals surface area contributed by atoms with Crippen molar-refractivity contribution < 1.29 is 16.8 Å². The number of sulfonamides is 2. The summed E-state index contributed by atoms with van der Waals surface area (Å²) >= 11 is 0. The topological polar surface area (TPSA) is 83.6 Å². The summed E-state index contributed by atoms with van der Waals surface area (Å²) < 4.78 is 55.9. The molecule has 0 aromatic heterocycles. The van der Waals surface area contributed by atoms with E-state index in [0.717, 1.165) is 17.5 Å². The van der Waals surface area contributed by atoms with Crippen LogP contribution in [0.15, 0.2) is 82.6 Å². The molecule has 0 unspecified atom stereocenters. The molecule has 0 bridgehead atoms. The first-order chi connectivity index (χ1) is 14.3. The van der Waals surface area contributed by atoms with E-state index in [0.29, 0.717) is 24.3 Å². The summed E-state index contributed by atoms with van der Waals surface area (Å²) in [5, 5.41) is 0. The molecule has 0 fully saturated rings. The summed E-state index contributed by atoms with van der Waals surface area (Å²) in [5.74, 6) is 0. The van der Waals surface area contributed by atoms with E-state index in [4.69, 9.17) is 0 Å². The highest BCUT2D eigenvalue weighted by atomic mass is 32.2. The molecule has 30 heavy (non-hydrogen) atoms. The zero-order valence-electron chi connectivity index (χ0n) is 16.4. The molecule has 0 spiro atoms. The van der Waals surface area contributed by atoms with Crippen molar-refractivity contribution in [2.24, 2.45) is 0 Å². The van der Waals surface area contributed by atoms with E-state index >= 15 is 0 Å². The van der Waals surface area contributed by atoms with Crippen LogP contribution in [0.3, 0.4) is 0 Å². The van der Waals surface area contributed by atoms with Gasteiger partial charge in [0, 0.05) is 6.54 Å². The van der Waals surface area contributed by atoms with Gasteiger partial charge in [-0.3, -0.25) is 9.03 Å². The molecular weight excluding hydrogens is 420 g/mol. The molecule has 6 nitrogen and oxygen atoms in total. The molecule has 0 saturated heterocycles. The Labute approximate surface area is 177 Å². The maximum absolute atomic E-state index is 13.2. The number of hydrogen-bond acceptors (Lipinski definition) is 4. The Morgan fingerprint density at radius 3 is 2.30 bits per heavy atom. The van der Waals surface area contributed by atoms with Gasteiger partial charge in [-0.2, -0.15) is 0 Å². The fraction of sp³-hybridized carbons (Fsp3) is 0.182. The van der Waals surface area contributed by atoms with E-state index in [-0.39, 0.29) is 9.79 Å². The lowest BCUT2D eigenvalue weighted by Crippen LogP contribution is -2.35. The second kappa shape index (κ2) is 7.77. The second-order valence-electron chi connectivity index (χ2n) is 7.26. The first kappa shape index (κ1) is 20.4. The van der Waals surface area contributed by atoms with Crippen LogP contribution >= 0.6 is 0 Å². The summed E-state index contributed by atoms with van der Waals surface area (Å²) in [5.41, 5.74) is 2.54. The van der Waals surface area contributed by atoms with E-state index in [1.165, 1.54) is 10.4 Å². The van der Waals surface area contributed by atoms with E-state index in [1.54, 1.807) is 60.7 Å². The van der Waals surface area contributed by atoms with Crippen LogP contribution in [0.2, 0.25) is 0 Å². The number of nitrogens with one attached hydrogen (secondary N) is 1. The van der Waals surface area contributed by atoms with Gasteiger partial charge in [-0.15, -0.1) is 0 Å². The van der Waals surface area contributed by atoms with E-state index < -0.39 is 20.0 Å². The van der Waals surface area contributed by atoms with Crippen LogP contribution < -0.4 is 9.03 Å². The van der Waals surface area contributed by atoms with Crippen molar-refractivity contribution in [1.29, 1.82) is 0 Å². The van der Waals surface area contributed by atoms with Crippen molar-refractivity contribution in [1.82, 2.24) is 0 Å². The SMILES string of the molecule is Cc1cccc(S(=O)(=O)Nc2ccc3c(c2)N(S(=O)(=O)c2ccccc2)CCC3)c1. The third-order valence-electron chi connectivity index (χ3n) is 5.04. The quantitative estimate of drug-likeness (QED) is 0.649. The Balaban J connectivity index is 1.71. The first-order valence-electron chi connectivity index (χ1n) is 9.58. The lowest BCUT2D eigenvalue weighted by molar-refractivity contribution is 0.586. The number of benzene rings is 3. The predicted octanol–water partition coefficient (Wildman–Crippen LogP) is 3.94. The van der Waals surface area contributed by atoms with Crippen LogP contribution in [0.5, 0.6) is 0 Å². The predicted molar refractivity (Wildman–Crippen MR) is 118 cm³/mol. The Morgan fingerprint density at radius 1 is 0.833 bits per heavy atom. The number of rotatable bonds is 5. The Kier molecular flexibility index (Phi) is 5.29. The molecule has 0 aliphatic carbocycles. The first-order valence-corrected chi connectivity index (χ1v) is 12.5. The zero-order valence-corrected chi connectivity index (χ0v) is 18.1. The average Bonchev–Trinajstić information content (AvgIpc) is 2.73. The van der Waals surface area contributed by atoms with Gasteiger partial charge in [0.05, 0.1) is 21.2 Å². The van der Waals surface area contributed by atoms with Crippen molar-refractivity contribution in [3.8, 4) is 0 Å². The Hall–Kier alpha value is -2.84. The van der Waals surface area contributed by atoms with Crippen LogP contribution in [0.25, 0.3) is 0 Å². The van der Waals surface area contributed by atoms with Gasteiger partial charge in [0.15, 0.2) is 0 Å². The van der Waals surface area contributed by atoms with Crippen LogP contribution in [-0.2, 0) is 26.5 Å². The molecular formula is C22H22N2O4S2. The van der Waals surface area contributed by atoms with E-state index in [9.17, 15) is 16.8 Å². The van der Waals surface area contributed by atoms with Crippen molar-refractivity contribution in [2.45, 2.75) is 29.6 Å². The van der Waals surface area contributed by atoms with Crippen LogP contribution in [-0.4, -0.2) is 23.4 Å². The summed E-state index contributed by atoms with van der Waals surface area (Å²) in [6, 6.07) is 19.9. The third-order valence-corrected chi connectivity index (χ3v) is 8.25. The van der Waals surface area contributed by atoms with E-state index in [2.05, 4.69) is 4.72 Å². The number of fused-ring (bicyclic) bond motifs is 1. The molecule has 3 aromatic carbocycles. The van der Waals surface area contributed by atoms with Gasteiger partial charge in [0.2, 0.25) is 0 Å². The molecule has 8 heteroatoms. The van der Waals surface area contributed by atoms with Gasteiger partial charge < -0.3 is 0 Å². The van der Waals surface area contributed by atoms with Crippen molar-refractivity contribution in [3.63, 3.8) is 0 Å². The fourth-order valence-corrected chi connectivity index (χ4v) is 6.28. The molecule has 0 saturated carbocycles. The standard InChI is InChI=1S/C22H22N2O4S2/c1-17-7-5-11-21(15-17)29(25,26)23-19-13-12-18-8-6-14-24(22(18)16-19)30(27,28)20-9-3-2-4-10-20/h2-5,7,9-13,15-16,23H,6,8,14H2,1H3. The molecule has 1 aliphatic rings. The summed E-state index contributed by atoms with van der Waals surface area (Å²) in [7, 11) is -7.52. The largest absolute Gasteiger partial charge is 0.280 e. The molecule has 1 N–H and O–H groups in total. The molecule has 0 atom stereocenters. The van der Waals surface area contributed by atoms with Gasteiger partial charge in [0.25, 0.3) is 20.0 Å². The fourth-order valence-electron chi connectivity index (χ4n) is 3.57. The van der Waals surface area contributed by atoms with Crippen LogP contribution in [0, 0.1) is 6.92 Å². The minimum atomic E-state index is -3.79. The van der Waals surface area contributed by atoms with Gasteiger partial charge >= 0.3 is 0 Å². The summed E-state index contributed by atoms with van der Waals surface area (Å²) in [6.07, 6.45) is 1.44. The third kappa shape index (κ3) is 3.93. The maximum atomic E-state index is 13.2. The van der Waals surface area contributed by atoms with Crippen molar-refractivity contribution >= 4 is 31.4 Å². The number of nitrogens with zero attached hydrogens (tertiary/aromatic N) is 1. The average molecular weight is 443 g/mol. The molecule has 1 aliphatic heterocycles. The summed E-state index contributed by atoms with van der Waals surface area (Å²) in [6.45, 7) is 2.17. The molecule has 156 valence electrons. The van der Waals surface area contributed by atoms with Gasteiger partial charge in [-0.25, -0.2) is 16.8 Å². The lowest BCUT2D eigenvalue weighted by atomic mass is 10.0. The van der Waals surface area contributed by atoms with E-state index in [1.807, 2.05) is 13.0 Å². The molecule has 0 radical (unpaired) electrons. The minimum Gasteiger partial charge on any atom is -0.280 e. The highest BCUT2D eigenvalue weighted by Crippen LogP contribution is 2.34. The lowest BCUT2D eigenvalue weighted by Gasteiger charge is -2.31. The van der Waals surface area contributed by atoms with Gasteiger partial charge in [-0.05, 0) is 67.3 Å². The van der Waals surface area contributed by atoms with Gasteiger partial charge in [0.1, 0.15) is 0 Å². The number of anilines is 2. The van der Waals surface area contributed by atoms with Crippen molar-refractivity contribution in [3.05, 3.63) is 83.9 Å². The van der Waals surface area contributed by atoms with Crippen LogP contribution in [0.4, 0.5) is 11.4 Å². The molecule has 4 rings (SSSR count). The van der Waals surface area contributed by atoms with Crippen molar-refractivity contribution in [2.75, 3.05) is 15.6 Å². The second-order valence-corrected chi connectivity index (χ2v) is 10.8. The Bertz CT molecular complexity index is 1290. The molecule has 0 amide bonds. The van der Waals surface area contributed by atoms with Crippen LogP contribution in [0.1, 0.15) is 17.5 Å². The summed E-state index contributed by atoms with van der Waals surface area (Å²) in [4.78, 5) is 0.373. The molecule has 1 heterocycles. The monoisotopic (exact) mass is 442 g/mol. The zero-order chi connectivity index (χ0) is 21.4. The van der Waals surface area contributed by atoms with Gasteiger partial charge in [-0.1, -0.05) is 36.4 Å². The Morgan fingerprint density at radius 2 is 1.57 bits per heavy atom. The smallest absolute Gasteiger partial charge is 0.264 e. The number of hydrogen-bond donors (Lipinski definition) is 1. The minimum absolute atomic E-state index is 0.161. The molecule has 3 aromatic rings. The maximum Gasteiger partial charge on any atom is 0.264 e. The highest BCUT2D eigenvalue weighted by Gasteiger charge is 2.29. The normalized spacial score (nSPS) is 14.2.